The van der Waals surface area contributed by atoms with E-state index in [1.807, 2.05) is 0 Å². The number of carbonyl (C=O) groups excluding carboxylic acids is 2. The molecule has 0 fully saturated rings. The van der Waals surface area contributed by atoms with Gasteiger partial charge in [0.2, 0.25) is 0 Å². The van der Waals surface area contributed by atoms with E-state index in [0.29, 0.717) is 0 Å². The van der Waals surface area contributed by atoms with Gasteiger partial charge in [0.1, 0.15) is 0 Å². The van der Waals surface area contributed by atoms with Gasteiger partial charge in [-0.2, -0.15) is 0 Å². The summed E-state index contributed by atoms with van der Waals surface area (Å²) < 4.78 is 0. The maximum Gasteiger partial charge on any atom is 2.00 e. The zero-order valence-electron chi connectivity index (χ0n) is 3.13. The molecular weight excluding hydrogens is 263 g/mol. The van der Waals surface area contributed by atoms with Crippen LogP contribution in [0.2, 0.25) is 0 Å². The van der Waals surface area contributed by atoms with Gasteiger partial charge in [-0.15, -0.1) is 0 Å². The molecule has 0 aliphatic carbocycles. The van der Waals surface area contributed by atoms with Crippen LogP contribution in [0.5, 0.6) is 0 Å². The summed E-state index contributed by atoms with van der Waals surface area (Å²) in [6.45, 7) is 0. The van der Waals surface area contributed by atoms with Gasteiger partial charge >= 0.3 is 23.9 Å². The molecule has 2 nitrogen and oxygen atoms in total. The fourth-order valence-corrected chi connectivity index (χ4v) is 0. The first-order valence-electron chi connectivity index (χ1n) is 1.07. The van der Waals surface area contributed by atoms with Gasteiger partial charge in [0, 0.05) is 0 Å². The Balaban J connectivity index is -0.0000000417. The van der Waals surface area contributed by atoms with Crippen LogP contribution in [0.25, 0.3) is 0 Å². The average Bonchev–Trinajstić information content (AvgIpc) is 1.36. The Morgan fingerprint density at radius 1 is 0.889 bits per heavy atom. The molecule has 0 unspecified atom stereocenters. The quantitative estimate of drug-likeness (QED) is 0.382. The van der Waals surface area contributed by atoms with E-state index in [2.05, 4.69) is 25.3 Å². The molecule has 0 aromatic heterocycles. The van der Waals surface area contributed by atoms with E-state index in [1.54, 1.807) is 0 Å². The molecule has 52 valence electrons. The first kappa shape index (κ1) is 22.7. The van der Waals surface area contributed by atoms with Crippen molar-refractivity contribution >= 4 is 59.4 Å². The van der Waals surface area contributed by atoms with Gasteiger partial charge in [0.15, 0.2) is 0 Å². The van der Waals surface area contributed by atoms with Crippen LogP contribution in [0, 0.1) is 0 Å². The smallest absolute Gasteiger partial charge is 0.736 e. The van der Waals surface area contributed by atoms with Crippen molar-refractivity contribution in [1.29, 1.82) is 0 Å². The van der Waals surface area contributed by atoms with E-state index in [0.717, 1.165) is 0 Å². The molecule has 0 bridgehead atoms. The molecule has 0 aliphatic rings. The molecule has 2 radical (unpaired) electrons. The van der Waals surface area contributed by atoms with Crippen LogP contribution in [0.4, 0.5) is 0 Å². The Labute approximate surface area is 83.6 Å². The van der Waals surface area contributed by atoms with Gasteiger partial charge in [-0.05, 0) is 0 Å². The monoisotopic (exact) mass is 272 g/mol. The molecule has 0 saturated carbocycles. The predicted octanol–water partition coefficient (Wildman–Crippen LogP) is 0.0248. The predicted molar refractivity (Wildman–Crippen MR) is 44.0 cm³/mol. The first-order valence-corrected chi connectivity index (χ1v) is 1.88. The summed E-state index contributed by atoms with van der Waals surface area (Å²) in [5.74, 6) is 0. The molecule has 0 amide bonds. The second-order valence-electron chi connectivity index (χ2n) is 0.575. The number of hydrogen-bond donors (Lipinski definition) is 0. The van der Waals surface area contributed by atoms with Crippen molar-refractivity contribution in [3.63, 3.8) is 0 Å². The van der Waals surface area contributed by atoms with Gasteiger partial charge in [-0.3, -0.25) is 0 Å². The van der Waals surface area contributed by atoms with E-state index >= 15 is 0 Å². The minimum Gasteiger partial charge on any atom is -0.736 e. The van der Waals surface area contributed by atoms with E-state index in [-0.39, 0.29) is 38.8 Å². The molecule has 0 aromatic rings. The van der Waals surface area contributed by atoms with Crippen molar-refractivity contribution < 1.29 is 9.59 Å². The van der Waals surface area contributed by atoms with Crippen molar-refractivity contribution in [3.8, 4) is 0 Å². The summed E-state index contributed by atoms with van der Waals surface area (Å²) in [5, 5.41) is -1.96. The second-order valence-corrected chi connectivity index (χ2v) is 1.32. The summed E-state index contributed by atoms with van der Waals surface area (Å²) in [4.78, 5) is 19.0. The topological polar surface area (TPSA) is 34.1 Å². The number of carbonyl (C=O) groups is 2. The van der Waals surface area contributed by atoms with Gasteiger partial charge in [-0.25, -0.2) is 0 Å². The average molecular weight is 271 g/mol. The van der Waals surface area contributed by atoms with Crippen molar-refractivity contribution in [2.75, 3.05) is 0 Å². The van der Waals surface area contributed by atoms with Crippen LogP contribution in [0.3, 0.4) is 0 Å². The number of hydrogen-bond acceptors (Lipinski definition) is 4. The van der Waals surface area contributed by atoms with Gasteiger partial charge in [-0.1, -0.05) is 14.9 Å². The summed E-state index contributed by atoms with van der Waals surface area (Å²) in [6, 6.07) is 0. The minimum atomic E-state index is -0.981. The Bertz CT molecular complexity index is 82.6. The molecule has 0 rings (SSSR count). The van der Waals surface area contributed by atoms with Gasteiger partial charge < -0.3 is 34.8 Å². The third kappa shape index (κ3) is 17.7. The fraction of sp³-hybridized carbons (Fsp3) is 0.500. The van der Waals surface area contributed by atoms with Crippen LogP contribution >= 0.6 is 0 Å². The van der Waals surface area contributed by atoms with Crippen LogP contribution in [0.15, 0.2) is 0 Å². The summed E-state index contributed by atoms with van der Waals surface area (Å²) in [5.41, 5.74) is 0. The normalized spacial score (nSPS) is 4.89. The van der Waals surface area contributed by atoms with Gasteiger partial charge in [0.05, 0.1) is 10.2 Å². The first-order chi connectivity index (χ1) is 2.64. The Kier molecular flexibility index (Phi) is 28.7. The van der Waals surface area contributed by atoms with E-state index in [1.165, 1.54) is 0 Å². The Morgan fingerprint density at radius 2 is 1.00 bits per heavy atom. The molecular formula is C4H8O2S2Sn. The molecule has 0 saturated heterocycles. The van der Waals surface area contributed by atoms with Crippen molar-refractivity contribution in [2.45, 2.75) is 14.9 Å². The van der Waals surface area contributed by atoms with Gasteiger partial charge in [0.25, 0.3) is 0 Å². The van der Waals surface area contributed by atoms with Crippen molar-refractivity contribution in [2.24, 2.45) is 0 Å². The molecule has 0 spiro atoms. The third-order valence-electron chi connectivity index (χ3n) is 0.167. The number of rotatable bonds is 1. The SMILES string of the molecule is C.C.O=C([S-])C(=O)[S-].[Sn+2]. The standard InChI is InChI=1S/C2H2O2S2.2CH4.Sn/c3-1(5)2(4)6;;;/h(H,3,5)(H,4,6);2*1H4;/q;;;+2/p-2. The molecule has 5 heteroatoms. The maximum atomic E-state index is 9.50. The zero-order chi connectivity index (χ0) is 5.15. The fourth-order valence-electron chi connectivity index (χ4n) is 0. The Hall–Kier alpha value is 0.579. The zero-order valence-corrected chi connectivity index (χ0v) is 7.62. The molecule has 0 aromatic carbocycles. The molecule has 0 aliphatic heterocycles. The maximum absolute atomic E-state index is 9.50. The van der Waals surface area contributed by atoms with Crippen LogP contribution in [-0.2, 0) is 34.8 Å². The van der Waals surface area contributed by atoms with Crippen LogP contribution in [-0.4, -0.2) is 34.1 Å². The molecule has 0 heterocycles. The van der Waals surface area contributed by atoms with E-state index in [9.17, 15) is 9.59 Å². The largest absolute Gasteiger partial charge is 2.00 e. The van der Waals surface area contributed by atoms with Crippen LogP contribution < -0.4 is 0 Å². The summed E-state index contributed by atoms with van der Waals surface area (Å²) in [6.07, 6.45) is 0. The van der Waals surface area contributed by atoms with Crippen molar-refractivity contribution in [1.82, 2.24) is 0 Å². The third-order valence-corrected chi connectivity index (χ3v) is 0.667. The summed E-state index contributed by atoms with van der Waals surface area (Å²) in [7, 11) is 0. The second kappa shape index (κ2) is 11.4. The van der Waals surface area contributed by atoms with E-state index in [4.69, 9.17) is 0 Å². The molecule has 9 heavy (non-hydrogen) atoms. The minimum absolute atomic E-state index is 0. The molecule has 0 N–H and O–H groups in total. The van der Waals surface area contributed by atoms with Crippen LogP contribution in [0.1, 0.15) is 14.9 Å². The molecule has 0 atom stereocenters. The Morgan fingerprint density at radius 3 is 1.00 bits per heavy atom. The van der Waals surface area contributed by atoms with Crippen molar-refractivity contribution in [3.05, 3.63) is 0 Å². The summed E-state index contributed by atoms with van der Waals surface area (Å²) >= 11 is 7.62. The van der Waals surface area contributed by atoms with E-state index < -0.39 is 10.2 Å².